The van der Waals surface area contributed by atoms with Crippen LogP contribution in [0.5, 0.6) is 0 Å². The minimum atomic E-state index is 0.333. The first-order valence-electron chi connectivity index (χ1n) is 7.87. The zero-order chi connectivity index (χ0) is 14.7. The lowest BCUT2D eigenvalue weighted by molar-refractivity contribution is 0.113. The summed E-state index contributed by atoms with van der Waals surface area (Å²) in [6, 6.07) is 20.4. The predicted octanol–water partition coefficient (Wildman–Crippen LogP) is 3.84. The fourth-order valence-electron chi connectivity index (χ4n) is 3.11. The van der Waals surface area contributed by atoms with Crippen molar-refractivity contribution in [3.63, 3.8) is 0 Å². The van der Waals surface area contributed by atoms with Gasteiger partial charge < -0.3 is 5.73 Å². The van der Waals surface area contributed by atoms with E-state index in [1.807, 2.05) is 0 Å². The molecule has 1 aliphatic carbocycles. The van der Waals surface area contributed by atoms with E-state index >= 15 is 0 Å². The van der Waals surface area contributed by atoms with Crippen molar-refractivity contribution < 1.29 is 0 Å². The Bertz CT molecular complexity index is 558. The Kier molecular flexibility index (Phi) is 4.37. The van der Waals surface area contributed by atoms with Crippen molar-refractivity contribution in [3.8, 4) is 11.1 Å². The van der Waals surface area contributed by atoms with Gasteiger partial charge in [-0.15, -0.1) is 0 Å². The van der Waals surface area contributed by atoms with Crippen LogP contribution < -0.4 is 5.73 Å². The maximum atomic E-state index is 6.03. The topological polar surface area (TPSA) is 29.3 Å². The van der Waals surface area contributed by atoms with Gasteiger partial charge in [-0.05, 0) is 36.6 Å². The quantitative estimate of drug-likeness (QED) is 0.901. The third kappa shape index (κ3) is 3.02. The largest absolute Gasteiger partial charge is 0.329 e. The lowest BCUT2D eigenvalue weighted by Gasteiger charge is -2.39. The Morgan fingerprint density at radius 1 is 1.00 bits per heavy atom. The Labute approximate surface area is 127 Å². The van der Waals surface area contributed by atoms with E-state index in [1.54, 1.807) is 0 Å². The first kappa shape index (κ1) is 14.3. The Balaban J connectivity index is 1.79. The number of hydrogen-bond donors (Lipinski definition) is 1. The number of benzene rings is 2. The lowest BCUT2D eigenvalue weighted by atomic mass is 9.89. The van der Waals surface area contributed by atoms with Crippen LogP contribution in [-0.2, 0) is 0 Å². The highest BCUT2D eigenvalue weighted by Gasteiger charge is 2.27. The third-order valence-electron chi connectivity index (χ3n) is 4.77. The lowest BCUT2D eigenvalue weighted by Crippen LogP contribution is -2.42. The van der Waals surface area contributed by atoms with E-state index < -0.39 is 0 Å². The van der Waals surface area contributed by atoms with Crippen LogP contribution in [-0.4, -0.2) is 24.5 Å². The van der Waals surface area contributed by atoms with E-state index in [0.29, 0.717) is 18.6 Å². The zero-order valence-corrected chi connectivity index (χ0v) is 12.7. The summed E-state index contributed by atoms with van der Waals surface area (Å²) >= 11 is 0. The minimum Gasteiger partial charge on any atom is -0.329 e. The van der Waals surface area contributed by atoms with Gasteiger partial charge in [-0.1, -0.05) is 61.0 Å². The van der Waals surface area contributed by atoms with Gasteiger partial charge in [0.25, 0.3) is 0 Å². The molecule has 1 unspecified atom stereocenters. The van der Waals surface area contributed by atoms with Gasteiger partial charge in [0.2, 0.25) is 0 Å². The van der Waals surface area contributed by atoms with E-state index in [-0.39, 0.29) is 0 Å². The van der Waals surface area contributed by atoms with Crippen LogP contribution in [0.25, 0.3) is 11.1 Å². The Hall–Kier alpha value is -1.64. The van der Waals surface area contributed by atoms with Crippen LogP contribution >= 0.6 is 0 Å². The summed E-state index contributed by atoms with van der Waals surface area (Å²) in [7, 11) is 2.21. The molecule has 2 nitrogen and oxygen atoms in total. The van der Waals surface area contributed by atoms with Gasteiger partial charge in [0.15, 0.2) is 0 Å². The molecule has 0 heterocycles. The van der Waals surface area contributed by atoms with Crippen molar-refractivity contribution in [1.82, 2.24) is 4.90 Å². The van der Waals surface area contributed by atoms with E-state index in [9.17, 15) is 0 Å². The van der Waals surface area contributed by atoms with Crippen LogP contribution in [0.3, 0.4) is 0 Å². The van der Waals surface area contributed by atoms with Crippen LogP contribution in [0.1, 0.15) is 30.9 Å². The molecule has 1 fully saturated rings. The first-order valence-corrected chi connectivity index (χ1v) is 7.87. The highest BCUT2D eigenvalue weighted by Crippen LogP contribution is 2.31. The van der Waals surface area contributed by atoms with Gasteiger partial charge in [0.1, 0.15) is 0 Å². The van der Waals surface area contributed by atoms with Gasteiger partial charge in [-0.25, -0.2) is 0 Å². The molecule has 2 aromatic rings. The molecule has 2 N–H and O–H groups in total. The molecule has 0 aromatic heterocycles. The molecular formula is C19H24N2. The van der Waals surface area contributed by atoms with Gasteiger partial charge >= 0.3 is 0 Å². The van der Waals surface area contributed by atoms with Crippen molar-refractivity contribution in [3.05, 3.63) is 60.2 Å². The van der Waals surface area contributed by atoms with E-state index in [0.717, 1.165) is 0 Å². The summed E-state index contributed by atoms with van der Waals surface area (Å²) in [5.41, 5.74) is 9.89. The number of rotatable bonds is 5. The molecule has 0 aliphatic heterocycles. The molecule has 2 aromatic carbocycles. The average molecular weight is 280 g/mol. The third-order valence-corrected chi connectivity index (χ3v) is 4.77. The molecule has 0 amide bonds. The van der Waals surface area contributed by atoms with Crippen LogP contribution in [0.2, 0.25) is 0 Å². The molecular weight excluding hydrogens is 256 g/mol. The molecule has 2 heteroatoms. The fraction of sp³-hybridized carbons (Fsp3) is 0.368. The maximum Gasteiger partial charge on any atom is 0.0470 e. The molecule has 3 rings (SSSR count). The average Bonchev–Trinajstić information content (AvgIpc) is 2.48. The summed E-state index contributed by atoms with van der Waals surface area (Å²) in [5, 5.41) is 0. The smallest absolute Gasteiger partial charge is 0.0470 e. The number of nitrogens with two attached hydrogens (primary N) is 1. The molecule has 0 radical (unpaired) electrons. The number of hydrogen-bond acceptors (Lipinski definition) is 2. The molecule has 110 valence electrons. The molecule has 1 aliphatic rings. The Morgan fingerprint density at radius 3 is 2.14 bits per heavy atom. The highest BCUT2D eigenvalue weighted by molar-refractivity contribution is 5.63. The second-order valence-electron chi connectivity index (χ2n) is 5.99. The summed E-state index contributed by atoms with van der Waals surface area (Å²) in [5.74, 6) is 0. The number of likely N-dealkylation sites (N-methyl/N-ethyl adjacent to an activating group) is 1. The first-order chi connectivity index (χ1) is 10.3. The van der Waals surface area contributed by atoms with Gasteiger partial charge in [0, 0.05) is 18.6 Å². The molecule has 0 saturated heterocycles. The molecule has 21 heavy (non-hydrogen) atoms. The van der Waals surface area contributed by atoms with Crippen molar-refractivity contribution in [1.29, 1.82) is 0 Å². The summed E-state index contributed by atoms with van der Waals surface area (Å²) < 4.78 is 0. The minimum absolute atomic E-state index is 0.333. The zero-order valence-electron chi connectivity index (χ0n) is 12.7. The van der Waals surface area contributed by atoms with E-state index in [4.69, 9.17) is 5.73 Å². The Morgan fingerprint density at radius 2 is 1.62 bits per heavy atom. The van der Waals surface area contributed by atoms with Gasteiger partial charge in [-0.2, -0.15) is 0 Å². The number of nitrogens with zero attached hydrogens (tertiary/aromatic N) is 1. The van der Waals surface area contributed by atoms with Crippen molar-refractivity contribution >= 4 is 0 Å². The van der Waals surface area contributed by atoms with E-state index in [1.165, 1.54) is 36.0 Å². The van der Waals surface area contributed by atoms with Gasteiger partial charge in [-0.3, -0.25) is 4.90 Å². The molecule has 1 saturated carbocycles. The van der Waals surface area contributed by atoms with Crippen molar-refractivity contribution in [2.75, 3.05) is 13.6 Å². The SMILES string of the molecule is CN(C1CCC1)C(CN)c1ccc(-c2ccccc2)cc1. The second-order valence-corrected chi connectivity index (χ2v) is 5.99. The maximum absolute atomic E-state index is 6.03. The van der Waals surface area contributed by atoms with Crippen molar-refractivity contribution in [2.24, 2.45) is 5.73 Å². The highest BCUT2D eigenvalue weighted by atomic mass is 15.2. The van der Waals surface area contributed by atoms with Crippen LogP contribution in [0.15, 0.2) is 54.6 Å². The molecule has 0 bridgehead atoms. The monoisotopic (exact) mass is 280 g/mol. The van der Waals surface area contributed by atoms with Crippen LogP contribution in [0.4, 0.5) is 0 Å². The van der Waals surface area contributed by atoms with E-state index in [2.05, 4.69) is 66.5 Å². The second kappa shape index (κ2) is 6.42. The predicted molar refractivity (Wildman–Crippen MR) is 89.1 cm³/mol. The summed E-state index contributed by atoms with van der Waals surface area (Å²) in [4.78, 5) is 2.46. The normalized spacial score (nSPS) is 16.7. The summed E-state index contributed by atoms with van der Waals surface area (Å²) in [6.07, 6.45) is 3.99. The van der Waals surface area contributed by atoms with Crippen LogP contribution in [0, 0.1) is 0 Å². The standard InChI is InChI=1S/C19H24N2/c1-21(18-8-5-9-18)19(14-20)17-12-10-16(11-13-17)15-6-3-2-4-7-15/h2-4,6-7,10-13,18-19H,5,8-9,14,20H2,1H3. The molecule has 1 atom stereocenters. The fourth-order valence-corrected chi connectivity index (χ4v) is 3.11. The molecule has 0 spiro atoms. The van der Waals surface area contributed by atoms with Gasteiger partial charge in [0.05, 0.1) is 0 Å². The summed E-state index contributed by atoms with van der Waals surface area (Å²) in [6.45, 7) is 0.678. The van der Waals surface area contributed by atoms with Crippen molar-refractivity contribution in [2.45, 2.75) is 31.3 Å².